The number of nitrogens with two attached hydrogens (primary N) is 1. The zero-order valence-corrected chi connectivity index (χ0v) is 7.79. The quantitative estimate of drug-likeness (QED) is 0.730. The summed E-state index contributed by atoms with van der Waals surface area (Å²) in [6.45, 7) is 3.44. The second kappa shape index (κ2) is 3.85. The predicted molar refractivity (Wildman–Crippen MR) is 49.7 cm³/mol. The van der Waals surface area contributed by atoms with Gasteiger partial charge in [-0.25, -0.2) is 4.39 Å². The SMILES string of the molecule is Cc1ccc(F)cc1[C@H](N)C(C)O. The number of aryl methyl sites for hydroxylation is 1. The van der Waals surface area contributed by atoms with Crippen molar-refractivity contribution in [1.29, 1.82) is 0 Å². The van der Waals surface area contributed by atoms with E-state index >= 15 is 0 Å². The summed E-state index contributed by atoms with van der Waals surface area (Å²) in [5.41, 5.74) is 7.25. The molecule has 1 aromatic carbocycles. The molecule has 1 unspecified atom stereocenters. The van der Waals surface area contributed by atoms with E-state index in [4.69, 9.17) is 5.73 Å². The Morgan fingerprint density at radius 2 is 2.08 bits per heavy atom. The summed E-state index contributed by atoms with van der Waals surface area (Å²) in [5.74, 6) is -0.322. The molecule has 13 heavy (non-hydrogen) atoms. The van der Waals surface area contributed by atoms with Gasteiger partial charge < -0.3 is 10.8 Å². The summed E-state index contributed by atoms with van der Waals surface area (Å²) in [5, 5.41) is 9.24. The molecule has 3 heteroatoms. The third-order valence-electron chi connectivity index (χ3n) is 2.12. The molecule has 0 amide bonds. The van der Waals surface area contributed by atoms with Crippen molar-refractivity contribution in [2.45, 2.75) is 26.0 Å². The molecule has 1 aromatic rings. The van der Waals surface area contributed by atoms with Crippen molar-refractivity contribution in [3.63, 3.8) is 0 Å². The lowest BCUT2D eigenvalue weighted by Crippen LogP contribution is -2.24. The minimum absolute atomic E-state index is 0.322. The van der Waals surface area contributed by atoms with Crippen molar-refractivity contribution in [3.8, 4) is 0 Å². The maximum Gasteiger partial charge on any atom is 0.123 e. The number of hydrogen-bond acceptors (Lipinski definition) is 2. The van der Waals surface area contributed by atoms with Crippen LogP contribution < -0.4 is 5.73 Å². The average Bonchev–Trinajstić information content (AvgIpc) is 2.08. The number of hydrogen-bond donors (Lipinski definition) is 2. The van der Waals surface area contributed by atoms with Gasteiger partial charge in [-0.2, -0.15) is 0 Å². The highest BCUT2D eigenvalue weighted by molar-refractivity contribution is 5.29. The molecule has 0 saturated carbocycles. The van der Waals surface area contributed by atoms with Gasteiger partial charge >= 0.3 is 0 Å². The molecule has 0 aliphatic rings. The van der Waals surface area contributed by atoms with Crippen LogP contribution in [-0.2, 0) is 0 Å². The van der Waals surface area contributed by atoms with Crippen LogP contribution >= 0.6 is 0 Å². The first-order valence-corrected chi connectivity index (χ1v) is 4.22. The van der Waals surface area contributed by atoms with Gasteiger partial charge in [-0.1, -0.05) is 6.07 Å². The van der Waals surface area contributed by atoms with Crippen molar-refractivity contribution in [2.75, 3.05) is 0 Å². The van der Waals surface area contributed by atoms with Crippen LogP contribution in [0.25, 0.3) is 0 Å². The van der Waals surface area contributed by atoms with Crippen molar-refractivity contribution in [2.24, 2.45) is 5.73 Å². The molecule has 72 valence electrons. The molecular weight excluding hydrogens is 169 g/mol. The Kier molecular flexibility index (Phi) is 3.01. The van der Waals surface area contributed by atoms with Crippen LogP contribution in [0.4, 0.5) is 4.39 Å². The van der Waals surface area contributed by atoms with Gasteiger partial charge in [0.2, 0.25) is 0 Å². The fourth-order valence-corrected chi connectivity index (χ4v) is 1.23. The second-order valence-corrected chi connectivity index (χ2v) is 3.27. The number of rotatable bonds is 2. The van der Waals surface area contributed by atoms with Crippen LogP contribution in [-0.4, -0.2) is 11.2 Å². The monoisotopic (exact) mass is 183 g/mol. The standard InChI is InChI=1S/C10H14FNO/c1-6-3-4-8(11)5-9(6)10(12)7(2)13/h3-5,7,10,13H,12H2,1-2H3/t7?,10-/m1/s1. The summed E-state index contributed by atoms with van der Waals surface area (Å²) < 4.78 is 12.8. The Morgan fingerprint density at radius 3 is 2.62 bits per heavy atom. The fourth-order valence-electron chi connectivity index (χ4n) is 1.23. The molecule has 2 atom stereocenters. The Bertz CT molecular complexity index is 299. The van der Waals surface area contributed by atoms with E-state index in [2.05, 4.69) is 0 Å². The lowest BCUT2D eigenvalue weighted by molar-refractivity contribution is 0.164. The van der Waals surface area contributed by atoms with Gasteiger partial charge in [0.1, 0.15) is 5.82 Å². The largest absolute Gasteiger partial charge is 0.391 e. The van der Waals surface area contributed by atoms with Crippen molar-refractivity contribution < 1.29 is 9.50 Å². The van der Waals surface area contributed by atoms with Gasteiger partial charge in [0.15, 0.2) is 0 Å². The molecule has 0 aliphatic carbocycles. The topological polar surface area (TPSA) is 46.2 Å². The molecule has 2 nitrogen and oxygen atoms in total. The van der Waals surface area contributed by atoms with Gasteiger partial charge in [-0.05, 0) is 37.1 Å². The molecule has 1 rings (SSSR count). The Balaban J connectivity index is 3.05. The zero-order valence-electron chi connectivity index (χ0n) is 7.79. The molecular formula is C10H14FNO. The average molecular weight is 183 g/mol. The van der Waals surface area contributed by atoms with Crippen LogP contribution in [0.15, 0.2) is 18.2 Å². The van der Waals surface area contributed by atoms with Crippen LogP contribution in [0.5, 0.6) is 0 Å². The van der Waals surface area contributed by atoms with Crippen LogP contribution in [0.1, 0.15) is 24.1 Å². The molecule has 0 heterocycles. The van der Waals surface area contributed by atoms with E-state index in [1.165, 1.54) is 12.1 Å². The van der Waals surface area contributed by atoms with Crippen LogP contribution in [0.2, 0.25) is 0 Å². The van der Waals surface area contributed by atoms with E-state index in [1.807, 2.05) is 6.92 Å². The Morgan fingerprint density at radius 1 is 1.46 bits per heavy atom. The van der Waals surface area contributed by atoms with Gasteiger partial charge in [-0.3, -0.25) is 0 Å². The Hall–Kier alpha value is -0.930. The summed E-state index contributed by atoms with van der Waals surface area (Å²) in [6.07, 6.45) is -0.666. The highest BCUT2D eigenvalue weighted by Crippen LogP contribution is 2.19. The van der Waals surface area contributed by atoms with E-state index in [-0.39, 0.29) is 5.82 Å². The molecule has 0 aromatic heterocycles. The number of halogens is 1. The van der Waals surface area contributed by atoms with Gasteiger partial charge in [0.05, 0.1) is 12.1 Å². The van der Waals surface area contributed by atoms with E-state index in [1.54, 1.807) is 13.0 Å². The van der Waals surface area contributed by atoms with Crippen LogP contribution in [0.3, 0.4) is 0 Å². The molecule has 0 saturated heterocycles. The third kappa shape index (κ3) is 2.26. The highest BCUT2D eigenvalue weighted by Gasteiger charge is 2.14. The smallest absolute Gasteiger partial charge is 0.123 e. The predicted octanol–water partition coefficient (Wildman–Crippen LogP) is 1.51. The molecule has 0 radical (unpaired) electrons. The maximum absolute atomic E-state index is 12.8. The first-order valence-electron chi connectivity index (χ1n) is 4.22. The number of aliphatic hydroxyl groups excluding tert-OH is 1. The lowest BCUT2D eigenvalue weighted by Gasteiger charge is -2.17. The third-order valence-corrected chi connectivity index (χ3v) is 2.12. The molecule has 3 N–H and O–H groups in total. The minimum Gasteiger partial charge on any atom is -0.391 e. The molecule has 0 aliphatic heterocycles. The normalized spacial score (nSPS) is 15.5. The summed E-state index contributed by atoms with van der Waals surface area (Å²) in [4.78, 5) is 0. The summed E-state index contributed by atoms with van der Waals surface area (Å²) in [6, 6.07) is 3.89. The first-order chi connectivity index (χ1) is 6.02. The van der Waals surface area contributed by atoms with E-state index in [9.17, 15) is 9.50 Å². The van der Waals surface area contributed by atoms with Crippen LogP contribution in [0, 0.1) is 12.7 Å². The number of benzene rings is 1. The number of aliphatic hydroxyl groups is 1. The highest BCUT2D eigenvalue weighted by atomic mass is 19.1. The van der Waals surface area contributed by atoms with Crippen molar-refractivity contribution >= 4 is 0 Å². The summed E-state index contributed by atoms with van der Waals surface area (Å²) >= 11 is 0. The van der Waals surface area contributed by atoms with E-state index in [0.717, 1.165) is 5.56 Å². The lowest BCUT2D eigenvalue weighted by atomic mass is 9.98. The van der Waals surface area contributed by atoms with Gasteiger partial charge in [0.25, 0.3) is 0 Å². The molecule has 0 spiro atoms. The fraction of sp³-hybridized carbons (Fsp3) is 0.400. The van der Waals surface area contributed by atoms with Crippen molar-refractivity contribution in [3.05, 3.63) is 35.1 Å². The first kappa shape index (κ1) is 10.2. The minimum atomic E-state index is -0.666. The molecule has 0 fully saturated rings. The Labute approximate surface area is 77.2 Å². The second-order valence-electron chi connectivity index (χ2n) is 3.27. The molecule has 0 bridgehead atoms. The van der Waals surface area contributed by atoms with E-state index in [0.29, 0.717) is 5.56 Å². The maximum atomic E-state index is 12.8. The van der Waals surface area contributed by atoms with Crippen molar-refractivity contribution in [1.82, 2.24) is 0 Å². The van der Waals surface area contributed by atoms with E-state index < -0.39 is 12.1 Å². The van der Waals surface area contributed by atoms with Gasteiger partial charge in [0, 0.05) is 0 Å². The van der Waals surface area contributed by atoms with Gasteiger partial charge in [-0.15, -0.1) is 0 Å². The zero-order chi connectivity index (χ0) is 10.0. The summed E-state index contributed by atoms with van der Waals surface area (Å²) in [7, 11) is 0.